The lowest BCUT2D eigenvalue weighted by Crippen LogP contribution is -2.39. The number of nitrogens with zero attached hydrogens (tertiary/aromatic N) is 4. The number of rotatable bonds is 5. The molecule has 0 spiro atoms. The van der Waals surface area contributed by atoms with E-state index in [0.29, 0.717) is 6.04 Å². The molecule has 146 valence electrons. The Labute approximate surface area is 166 Å². The van der Waals surface area contributed by atoms with Crippen LogP contribution in [0.4, 0.5) is 0 Å². The van der Waals surface area contributed by atoms with E-state index in [-0.39, 0.29) is 0 Å². The van der Waals surface area contributed by atoms with Gasteiger partial charge in [0.1, 0.15) is 5.65 Å². The Morgan fingerprint density at radius 1 is 1.11 bits per heavy atom. The highest BCUT2D eigenvalue weighted by Crippen LogP contribution is 2.34. The lowest BCUT2D eigenvalue weighted by molar-refractivity contribution is 0.126. The first-order valence-corrected chi connectivity index (χ1v) is 10.7. The minimum Gasteiger partial charge on any atom is -0.317 e. The molecule has 3 aromatic heterocycles. The fourth-order valence-electron chi connectivity index (χ4n) is 4.91. The molecule has 1 atom stereocenters. The Morgan fingerprint density at radius 3 is 2.93 bits per heavy atom. The Kier molecular flexibility index (Phi) is 5.10. The van der Waals surface area contributed by atoms with E-state index in [1.807, 2.05) is 6.20 Å². The van der Waals surface area contributed by atoms with Gasteiger partial charge in [-0.1, -0.05) is 12.1 Å². The SMILES string of the molecule is c1cnc2c(c1)CCCC2N(Cc1cn2ccccc2n1)CC1CCNCC1. The number of fused-ring (bicyclic) bond motifs is 2. The van der Waals surface area contributed by atoms with Gasteiger partial charge in [-0.05, 0) is 74.9 Å². The molecule has 3 aromatic rings. The van der Waals surface area contributed by atoms with E-state index in [1.165, 1.54) is 36.9 Å². The summed E-state index contributed by atoms with van der Waals surface area (Å²) in [7, 11) is 0. The number of aromatic nitrogens is 3. The quantitative estimate of drug-likeness (QED) is 0.740. The van der Waals surface area contributed by atoms with E-state index in [9.17, 15) is 0 Å². The lowest BCUT2D eigenvalue weighted by Gasteiger charge is -2.37. The molecule has 2 aliphatic rings. The van der Waals surface area contributed by atoms with Crippen LogP contribution >= 0.6 is 0 Å². The third-order valence-corrected chi connectivity index (χ3v) is 6.34. The van der Waals surface area contributed by atoms with Crippen LogP contribution in [0.25, 0.3) is 5.65 Å². The van der Waals surface area contributed by atoms with Gasteiger partial charge in [0.05, 0.1) is 17.4 Å². The molecule has 0 radical (unpaired) electrons. The predicted octanol–water partition coefficient (Wildman–Crippen LogP) is 3.61. The number of imidazole rings is 1. The molecular formula is C23H29N5. The first-order valence-electron chi connectivity index (χ1n) is 10.7. The Balaban J connectivity index is 1.44. The summed E-state index contributed by atoms with van der Waals surface area (Å²) in [5, 5.41) is 3.50. The largest absolute Gasteiger partial charge is 0.317 e. The van der Waals surface area contributed by atoms with E-state index < -0.39 is 0 Å². The molecule has 1 saturated heterocycles. The molecule has 0 aromatic carbocycles. The van der Waals surface area contributed by atoms with Crippen LogP contribution in [0.2, 0.25) is 0 Å². The summed E-state index contributed by atoms with van der Waals surface area (Å²) in [4.78, 5) is 12.4. The first kappa shape index (κ1) is 17.8. The molecule has 1 N–H and O–H groups in total. The minimum atomic E-state index is 0.407. The summed E-state index contributed by atoms with van der Waals surface area (Å²) in [5.41, 5.74) is 4.92. The number of piperidine rings is 1. The van der Waals surface area contributed by atoms with Crippen LogP contribution in [-0.4, -0.2) is 38.9 Å². The van der Waals surface area contributed by atoms with Gasteiger partial charge in [0.15, 0.2) is 0 Å². The zero-order chi connectivity index (χ0) is 18.8. The highest BCUT2D eigenvalue weighted by atomic mass is 15.2. The van der Waals surface area contributed by atoms with Gasteiger partial charge in [0, 0.05) is 31.7 Å². The van der Waals surface area contributed by atoms with Crippen molar-refractivity contribution >= 4 is 5.65 Å². The van der Waals surface area contributed by atoms with Crippen molar-refractivity contribution in [3.05, 3.63) is 65.9 Å². The van der Waals surface area contributed by atoms with E-state index in [2.05, 4.69) is 57.3 Å². The second-order valence-electron chi connectivity index (χ2n) is 8.28. The maximum atomic E-state index is 4.88. The average Bonchev–Trinajstić information content (AvgIpc) is 3.16. The molecule has 1 unspecified atom stereocenters. The van der Waals surface area contributed by atoms with E-state index >= 15 is 0 Å². The van der Waals surface area contributed by atoms with Crippen molar-refractivity contribution in [3.63, 3.8) is 0 Å². The Hall–Kier alpha value is -2.24. The monoisotopic (exact) mass is 375 g/mol. The topological polar surface area (TPSA) is 45.5 Å². The predicted molar refractivity (Wildman–Crippen MR) is 111 cm³/mol. The van der Waals surface area contributed by atoms with Gasteiger partial charge < -0.3 is 9.72 Å². The summed E-state index contributed by atoms with van der Waals surface area (Å²) < 4.78 is 2.13. The summed E-state index contributed by atoms with van der Waals surface area (Å²) in [5.74, 6) is 0.757. The van der Waals surface area contributed by atoms with Gasteiger partial charge in [0.25, 0.3) is 0 Å². The standard InChI is InChI=1S/C23H29N5/c1-2-14-27-16-20(26-22(27)8-1)17-28(15-18-9-12-24-13-10-18)21-7-3-5-19-6-4-11-25-23(19)21/h1-2,4,6,8,11,14,16,18,21,24H,3,5,7,9-10,12-13,15,17H2. The van der Waals surface area contributed by atoms with Gasteiger partial charge in [-0.2, -0.15) is 0 Å². The molecule has 0 saturated carbocycles. The molecule has 0 amide bonds. The zero-order valence-corrected chi connectivity index (χ0v) is 16.4. The van der Waals surface area contributed by atoms with Crippen LogP contribution in [0.3, 0.4) is 0 Å². The van der Waals surface area contributed by atoms with Gasteiger partial charge in [0.2, 0.25) is 0 Å². The maximum Gasteiger partial charge on any atom is 0.137 e. The van der Waals surface area contributed by atoms with Crippen molar-refractivity contribution in [1.82, 2.24) is 24.6 Å². The first-order chi connectivity index (χ1) is 13.9. The number of aryl methyl sites for hydroxylation is 1. The molecule has 1 aliphatic heterocycles. The molecule has 4 heterocycles. The van der Waals surface area contributed by atoms with E-state index in [0.717, 1.165) is 49.9 Å². The van der Waals surface area contributed by atoms with Crippen LogP contribution in [0.15, 0.2) is 48.9 Å². The fourth-order valence-corrected chi connectivity index (χ4v) is 4.91. The van der Waals surface area contributed by atoms with Crippen molar-refractivity contribution in [2.45, 2.75) is 44.7 Å². The van der Waals surface area contributed by atoms with Gasteiger partial charge in [-0.25, -0.2) is 4.98 Å². The van der Waals surface area contributed by atoms with Crippen molar-refractivity contribution in [2.75, 3.05) is 19.6 Å². The zero-order valence-electron chi connectivity index (χ0n) is 16.4. The second kappa shape index (κ2) is 8.02. The van der Waals surface area contributed by atoms with Crippen LogP contribution in [0.5, 0.6) is 0 Å². The highest BCUT2D eigenvalue weighted by Gasteiger charge is 2.29. The average molecular weight is 376 g/mol. The normalized spacial score (nSPS) is 20.5. The molecular weight excluding hydrogens is 346 g/mol. The van der Waals surface area contributed by atoms with Crippen molar-refractivity contribution in [2.24, 2.45) is 5.92 Å². The number of hydrogen-bond donors (Lipinski definition) is 1. The smallest absolute Gasteiger partial charge is 0.137 e. The van der Waals surface area contributed by atoms with Gasteiger partial charge in [-0.3, -0.25) is 9.88 Å². The second-order valence-corrected chi connectivity index (χ2v) is 8.28. The number of hydrogen-bond acceptors (Lipinski definition) is 4. The Bertz CT molecular complexity index is 894. The molecule has 0 bridgehead atoms. The van der Waals surface area contributed by atoms with Gasteiger partial charge >= 0.3 is 0 Å². The molecule has 5 heteroatoms. The summed E-state index contributed by atoms with van der Waals surface area (Å²) >= 11 is 0. The third-order valence-electron chi connectivity index (χ3n) is 6.34. The highest BCUT2D eigenvalue weighted by molar-refractivity contribution is 5.39. The lowest BCUT2D eigenvalue weighted by atomic mass is 9.89. The molecule has 28 heavy (non-hydrogen) atoms. The number of nitrogens with one attached hydrogen (secondary N) is 1. The van der Waals surface area contributed by atoms with E-state index in [1.54, 1.807) is 0 Å². The molecule has 5 rings (SSSR count). The van der Waals surface area contributed by atoms with Crippen molar-refractivity contribution in [1.29, 1.82) is 0 Å². The molecule has 1 aliphatic carbocycles. The third kappa shape index (κ3) is 3.69. The van der Waals surface area contributed by atoms with Crippen LogP contribution in [0.1, 0.15) is 48.7 Å². The fraction of sp³-hybridized carbons (Fsp3) is 0.478. The number of pyridine rings is 2. The molecule has 1 fully saturated rings. The van der Waals surface area contributed by atoms with Crippen LogP contribution in [0, 0.1) is 5.92 Å². The van der Waals surface area contributed by atoms with Crippen molar-refractivity contribution < 1.29 is 0 Å². The van der Waals surface area contributed by atoms with E-state index in [4.69, 9.17) is 9.97 Å². The maximum absolute atomic E-state index is 4.88. The van der Waals surface area contributed by atoms with Crippen LogP contribution in [-0.2, 0) is 13.0 Å². The summed E-state index contributed by atoms with van der Waals surface area (Å²) in [6.45, 7) is 4.32. The van der Waals surface area contributed by atoms with Crippen molar-refractivity contribution in [3.8, 4) is 0 Å². The molecule has 5 nitrogen and oxygen atoms in total. The minimum absolute atomic E-state index is 0.407. The van der Waals surface area contributed by atoms with Gasteiger partial charge in [-0.15, -0.1) is 0 Å². The van der Waals surface area contributed by atoms with Crippen LogP contribution < -0.4 is 5.32 Å². The summed E-state index contributed by atoms with van der Waals surface area (Å²) in [6, 6.07) is 11.0. The summed E-state index contributed by atoms with van der Waals surface area (Å²) in [6.07, 6.45) is 12.4. The Morgan fingerprint density at radius 2 is 2.04 bits per heavy atom.